The molecule has 8 nitrogen and oxygen atoms in total. The van der Waals surface area contributed by atoms with Gasteiger partial charge in [0.05, 0.1) is 33.7 Å². The number of benzene rings is 1. The standard InChI is InChI=1S/C18H24N6O2/c1-21(2)11-10-19-17-20-15-14(16(25)23(4)18(26)22(15)3)24(17)12-13-8-6-5-7-9-13/h5-9H,10-12H2,1-4H3,(H,19,20)/p+1. The van der Waals surface area contributed by atoms with Crippen molar-refractivity contribution in [2.75, 3.05) is 32.5 Å². The molecule has 0 aliphatic rings. The van der Waals surface area contributed by atoms with Crippen molar-refractivity contribution in [3.63, 3.8) is 0 Å². The molecule has 2 heterocycles. The van der Waals surface area contributed by atoms with Gasteiger partial charge in [-0.1, -0.05) is 30.3 Å². The number of anilines is 1. The molecule has 2 aromatic heterocycles. The van der Waals surface area contributed by atoms with E-state index in [9.17, 15) is 9.59 Å². The SMILES string of the molecule is Cn1c(=O)c2c(nc(NCC[NH+](C)C)n2Cc2ccccc2)n(C)c1=O. The van der Waals surface area contributed by atoms with Crippen molar-refractivity contribution < 1.29 is 4.90 Å². The molecule has 0 saturated heterocycles. The first kappa shape index (κ1) is 17.9. The van der Waals surface area contributed by atoms with Crippen LogP contribution in [0.4, 0.5) is 5.95 Å². The molecule has 0 spiro atoms. The summed E-state index contributed by atoms with van der Waals surface area (Å²) in [7, 11) is 7.28. The third-order valence-corrected chi connectivity index (χ3v) is 4.44. The lowest BCUT2D eigenvalue weighted by molar-refractivity contribution is -0.856. The highest BCUT2D eigenvalue weighted by molar-refractivity contribution is 5.74. The fourth-order valence-corrected chi connectivity index (χ4v) is 2.93. The number of hydrogen-bond donors (Lipinski definition) is 2. The average molecular weight is 357 g/mol. The first-order valence-electron chi connectivity index (χ1n) is 8.63. The van der Waals surface area contributed by atoms with Gasteiger partial charge in [-0.2, -0.15) is 4.98 Å². The second-order valence-electron chi connectivity index (χ2n) is 6.77. The number of nitrogens with one attached hydrogen (secondary N) is 2. The highest BCUT2D eigenvalue weighted by Gasteiger charge is 2.19. The Kier molecular flexibility index (Phi) is 4.94. The molecule has 0 aliphatic heterocycles. The highest BCUT2D eigenvalue weighted by atomic mass is 16.2. The van der Waals surface area contributed by atoms with Crippen molar-refractivity contribution in [3.8, 4) is 0 Å². The zero-order valence-electron chi connectivity index (χ0n) is 15.6. The average Bonchev–Trinajstić information content (AvgIpc) is 2.97. The van der Waals surface area contributed by atoms with Crippen LogP contribution in [0.15, 0.2) is 39.9 Å². The molecule has 26 heavy (non-hydrogen) atoms. The van der Waals surface area contributed by atoms with Crippen molar-refractivity contribution in [2.24, 2.45) is 14.1 Å². The Bertz CT molecular complexity index is 1030. The van der Waals surface area contributed by atoms with E-state index < -0.39 is 0 Å². The van der Waals surface area contributed by atoms with Crippen LogP contribution in [0, 0.1) is 0 Å². The van der Waals surface area contributed by atoms with Gasteiger partial charge < -0.3 is 10.2 Å². The minimum Gasteiger partial charge on any atom is -0.350 e. The number of fused-ring (bicyclic) bond motifs is 1. The number of rotatable bonds is 6. The maximum absolute atomic E-state index is 12.8. The van der Waals surface area contributed by atoms with Crippen LogP contribution in [0.5, 0.6) is 0 Å². The second kappa shape index (κ2) is 7.17. The fourth-order valence-electron chi connectivity index (χ4n) is 2.93. The van der Waals surface area contributed by atoms with E-state index in [0.717, 1.165) is 16.7 Å². The molecule has 0 amide bonds. The van der Waals surface area contributed by atoms with E-state index in [1.807, 2.05) is 34.9 Å². The number of hydrogen-bond acceptors (Lipinski definition) is 4. The molecule has 0 bridgehead atoms. The van der Waals surface area contributed by atoms with E-state index in [1.54, 1.807) is 7.05 Å². The predicted molar refractivity (Wildman–Crippen MR) is 102 cm³/mol. The maximum atomic E-state index is 12.8. The third-order valence-electron chi connectivity index (χ3n) is 4.44. The molecule has 0 atom stereocenters. The maximum Gasteiger partial charge on any atom is 0.332 e. The number of imidazole rings is 1. The van der Waals surface area contributed by atoms with Crippen LogP contribution >= 0.6 is 0 Å². The number of nitrogens with zero attached hydrogens (tertiary/aromatic N) is 4. The molecule has 0 saturated carbocycles. The van der Waals surface area contributed by atoms with Crippen LogP contribution in [0.2, 0.25) is 0 Å². The van der Waals surface area contributed by atoms with E-state index in [1.165, 1.54) is 16.5 Å². The molecule has 138 valence electrons. The first-order valence-corrected chi connectivity index (χ1v) is 8.63. The Morgan fingerprint density at radius 3 is 2.42 bits per heavy atom. The van der Waals surface area contributed by atoms with Gasteiger partial charge in [0.25, 0.3) is 5.56 Å². The zero-order valence-corrected chi connectivity index (χ0v) is 15.6. The Balaban J connectivity index is 2.16. The fraction of sp³-hybridized carbons (Fsp3) is 0.389. The van der Waals surface area contributed by atoms with Crippen molar-refractivity contribution in [1.29, 1.82) is 0 Å². The molecule has 3 rings (SSSR count). The molecular formula is C18H25N6O2+. The first-order chi connectivity index (χ1) is 12.4. The zero-order chi connectivity index (χ0) is 18.8. The number of quaternary nitrogens is 1. The van der Waals surface area contributed by atoms with Gasteiger partial charge in [0.15, 0.2) is 11.2 Å². The van der Waals surface area contributed by atoms with Crippen molar-refractivity contribution in [1.82, 2.24) is 18.7 Å². The summed E-state index contributed by atoms with van der Waals surface area (Å²) < 4.78 is 4.40. The predicted octanol–water partition coefficient (Wildman–Crippen LogP) is -0.962. The molecule has 0 fully saturated rings. The van der Waals surface area contributed by atoms with Gasteiger partial charge in [-0.15, -0.1) is 0 Å². The van der Waals surface area contributed by atoms with Crippen molar-refractivity contribution in [3.05, 3.63) is 56.7 Å². The van der Waals surface area contributed by atoms with E-state index in [4.69, 9.17) is 0 Å². The minimum absolute atomic E-state index is 0.335. The molecule has 1 aromatic carbocycles. The highest BCUT2D eigenvalue weighted by Crippen LogP contribution is 2.17. The van der Waals surface area contributed by atoms with Crippen LogP contribution < -0.4 is 21.5 Å². The smallest absolute Gasteiger partial charge is 0.332 e. The van der Waals surface area contributed by atoms with E-state index >= 15 is 0 Å². The molecule has 0 aliphatic carbocycles. The topological polar surface area (TPSA) is 78.3 Å². The van der Waals surface area contributed by atoms with Gasteiger partial charge in [0.2, 0.25) is 5.95 Å². The monoisotopic (exact) mass is 357 g/mol. The summed E-state index contributed by atoms with van der Waals surface area (Å²) in [4.78, 5) is 30.9. The van der Waals surface area contributed by atoms with Crippen LogP contribution in [0.1, 0.15) is 5.56 Å². The van der Waals surface area contributed by atoms with Crippen molar-refractivity contribution >= 4 is 17.1 Å². The molecule has 8 heteroatoms. The van der Waals surface area contributed by atoms with E-state index in [2.05, 4.69) is 24.4 Å². The molecule has 0 radical (unpaired) electrons. The summed E-state index contributed by atoms with van der Waals surface area (Å²) in [6.07, 6.45) is 0. The summed E-state index contributed by atoms with van der Waals surface area (Å²) in [5.41, 5.74) is 1.17. The molecule has 2 N–H and O–H groups in total. The lowest BCUT2D eigenvalue weighted by Crippen LogP contribution is -3.06. The number of aryl methyl sites for hydroxylation is 1. The summed E-state index contributed by atoms with van der Waals surface area (Å²) in [6.45, 7) is 2.13. The lowest BCUT2D eigenvalue weighted by atomic mass is 10.2. The summed E-state index contributed by atoms with van der Waals surface area (Å²) >= 11 is 0. The van der Waals surface area contributed by atoms with E-state index in [0.29, 0.717) is 30.2 Å². The van der Waals surface area contributed by atoms with Gasteiger partial charge in [-0.3, -0.25) is 18.5 Å². The van der Waals surface area contributed by atoms with Gasteiger partial charge in [0, 0.05) is 14.1 Å². The van der Waals surface area contributed by atoms with Crippen LogP contribution in [0.3, 0.4) is 0 Å². The third kappa shape index (κ3) is 3.28. The molecular weight excluding hydrogens is 332 g/mol. The quantitative estimate of drug-likeness (QED) is 0.596. The van der Waals surface area contributed by atoms with E-state index in [-0.39, 0.29) is 11.2 Å². The number of likely N-dealkylation sites (N-methyl/N-ethyl adjacent to an activating group) is 1. The second-order valence-corrected chi connectivity index (χ2v) is 6.77. The number of aromatic nitrogens is 4. The van der Waals surface area contributed by atoms with Crippen LogP contribution in [-0.4, -0.2) is 45.9 Å². The Labute approximate surface area is 151 Å². The largest absolute Gasteiger partial charge is 0.350 e. The van der Waals surface area contributed by atoms with Gasteiger partial charge >= 0.3 is 5.69 Å². The van der Waals surface area contributed by atoms with Crippen molar-refractivity contribution in [2.45, 2.75) is 6.54 Å². The lowest BCUT2D eigenvalue weighted by Gasteiger charge is -2.12. The van der Waals surface area contributed by atoms with Crippen LogP contribution in [0.25, 0.3) is 11.2 Å². The van der Waals surface area contributed by atoms with Crippen LogP contribution in [-0.2, 0) is 20.6 Å². The van der Waals surface area contributed by atoms with Gasteiger partial charge in [-0.25, -0.2) is 4.79 Å². The summed E-state index contributed by atoms with van der Waals surface area (Å²) in [5, 5.41) is 3.32. The van der Waals surface area contributed by atoms with Gasteiger partial charge in [0.1, 0.15) is 0 Å². The Morgan fingerprint density at radius 1 is 1.08 bits per heavy atom. The normalized spacial score (nSPS) is 11.4. The molecule has 3 aromatic rings. The van der Waals surface area contributed by atoms with Gasteiger partial charge in [-0.05, 0) is 5.56 Å². The Hall–Kier alpha value is -2.87. The summed E-state index contributed by atoms with van der Waals surface area (Å²) in [5.74, 6) is 0.600. The minimum atomic E-state index is -0.379. The molecule has 0 unspecified atom stereocenters. The Morgan fingerprint density at radius 2 is 1.77 bits per heavy atom. The summed E-state index contributed by atoms with van der Waals surface area (Å²) in [6, 6.07) is 9.89.